The highest BCUT2D eigenvalue weighted by atomic mass is 32.1. The minimum Gasteiger partial charge on any atom is -0.378 e. The van der Waals surface area contributed by atoms with Gasteiger partial charge in [-0.1, -0.05) is 0 Å². The first kappa shape index (κ1) is 12.6. The van der Waals surface area contributed by atoms with Crippen LogP contribution in [0.25, 0.3) is 5.69 Å². The maximum Gasteiger partial charge on any atom is 0.138 e. The molecule has 1 atom stereocenters. The lowest BCUT2D eigenvalue weighted by molar-refractivity contribution is 0.609. The molecular weight excluding hydrogens is 280 g/mol. The molecule has 1 aliphatic carbocycles. The van der Waals surface area contributed by atoms with E-state index in [1.165, 1.54) is 29.7 Å². The number of thiophene rings is 1. The van der Waals surface area contributed by atoms with E-state index in [0.29, 0.717) is 6.04 Å². The number of fused-ring (bicyclic) bond motifs is 1. The fourth-order valence-corrected chi connectivity index (χ4v) is 3.88. The van der Waals surface area contributed by atoms with Gasteiger partial charge in [-0.25, -0.2) is 9.67 Å². The summed E-state index contributed by atoms with van der Waals surface area (Å²) in [6.45, 7) is 0. The first-order valence-electron chi connectivity index (χ1n) is 7.18. The minimum absolute atomic E-state index is 0.442. The molecule has 1 unspecified atom stereocenters. The highest BCUT2D eigenvalue weighted by Crippen LogP contribution is 2.35. The Balaban J connectivity index is 1.54. The average Bonchev–Trinajstić information content (AvgIpc) is 3.20. The Morgan fingerprint density at radius 1 is 1.19 bits per heavy atom. The lowest BCUT2D eigenvalue weighted by Crippen LogP contribution is -2.15. The molecule has 0 saturated heterocycles. The van der Waals surface area contributed by atoms with E-state index >= 15 is 0 Å². The van der Waals surface area contributed by atoms with Crippen LogP contribution in [0.3, 0.4) is 0 Å². The Labute approximate surface area is 127 Å². The predicted molar refractivity (Wildman–Crippen MR) is 85.0 cm³/mol. The molecule has 1 aromatic carbocycles. The van der Waals surface area contributed by atoms with Gasteiger partial charge in [0.05, 0.1) is 11.7 Å². The van der Waals surface area contributed by atoms with Crippen molar-refractivity contribution in [2.75, 3.05) is 5.32 Å². The van der Waals surface area contributed by atoms with Crippen molar-refractivity contribution in [2.45, 2.75) is 25.3 Å². The highest BCUT2D eigenvalue weighted by Gasteiger charge is 2.20. The van der Waals surface area contributed by atoms with Crippen LogP contribution in [0.2, 0.25) is 0 Å². The molecule has 0 aliphatic heterocycles. The van der Waals surface area contributed by atoms with E-state index < -0.39 is 0 Å². The summed E-state index contributed by atoms with van der Waals surface area (Å²) in [6, 6.07) is 11.1. The molecular formula is C16H16N4S. The summed E-state index contributed by atoms with van der Waals surface area (Å²) >= 11 is 1.88. The Bertz CT molecular complexity index is 715. The van der Waals surface area contributed by atoms with Crippen LogP contribution in [0.15, 0.2) is 48.4 Å². The molecule has 4 nitrogen and oxygen atoms in total. The molecule has 4 rings (SSSR count). The van der Waals surface area contributed by atoms with E-state index in [2.05, 4.69) is 51.1 Å². The molecule has 21 heavy (non-hydrogen) atoms. The molecule has 0 amide bonds. The van der Waals surface area contributed by atoms with E-state index in [9.17, 15) is 0 Å². The van der Waals surface area contributed by atoms with Crippen LogP contribution in [0, 0.1) is 0 Å². The Morgan fingerprint density at radius 2 is 2.10 bits per heavy atom. The summed E-state index contributed by atoms with van der Waals surface area (Å²) in [7, 11) is 0. The van der Waals surface area contributed by atoms with Crippen molar-refractivity contribution in [1.29, 1.82) is 0 Å². The first-order valence-corrected chi connectivity index (χ1v) is 8.06. The van der Waals surface area contributed by atoms with Gasteiger partial charge in [0.1, 0.15) is 12.7 Å². The summed E-state index contributed by atoms with van der Waals surface area (Å²) < 4.78 is 1.77. The van der Waals surface area contributed by atoms with Gasteiger partial charge in [-0.15, -0.1) is 11.3 Å². The number of hydrogen-bond acceptors (Lipinski definition) is 4. The van der Waals surface area contributed by atoms with E-state index in [4.69, 9.17) is 0 Å². The number of hydrogen-bond donors (Lipinski definition) is 1. The number of rotatable bonds is 3. The van der Waals surface area contributed by atoms with Gasteiger partial charge in [0.2, 0.25) is 0 Å². The molecule has 2 aromatic heterocycles. The normalized spacial score (nSPS) is 17.4. The third-order valence-electron chi connectivity index (χ3n) is 3.94. The quantitative estimate of drug-likeness (QED) is 0.799. The monoisotopic (exact) mass is 296 g/mol. The van der Waals surface area contributed by atoms with Gasteiger partial charge in [-0.05, 0) is 60.5 Å². The molecule has 0 fully saturated rings. The van der Waals surface area contributed by atoms with Crippen molar-refractivity contribution in [3.63, 3.8) is 0 Å². The first-order chi connectivity index (χ1) is 10.4. The zero-order chi connectivity index (χ0) is 14.1. The van der Waals surface area contributed by atoms with Crippen molar-refractivity contribution in [1.82, 2.24) is 14.8 Å². The summed E-state index contributed by atoms with van der Waals surface area (Å²) in [5.74, 6) is 0. The number of benzene rings is 1. The second kappa shape index (κ2) is 5.33. The topological polar surface area (TPSA) is 42.7 Å². The smallest absolute Gasteiger partial charge is 0.138 e. The number of aryl methyl sites for hydroxylation is 1. The molecule has 0 radical (unpaired) electrons. The van der Waals surface area contributed by atoms with Gasteiger partial charge in [0.25, 0.3) is 0 Å². The predicted octanol–water partition coefficient (Wildman–Crippen LogP) is 3.82. The largest absolute Gasteiger partial charge is 0.378 e. The maximum atomic E-state index is 4.14. The van der Waals surface area contributed by atoms with Crippen LogP contribution >= 0.6 is 11.3 Å². The summed E-state index contributed by atoms with van der Waals surface area (Å²) in [6.07, 6.45) is 6.96. The summed E-state index contributed by atoms with van der Waals surface area (Å²) in [4.78, 5) is 5.51. The van der Waals surface area contributed by atoms with Crippen molar-refractivity contribution >= 4 is 17.0 Å². The second-order valence-corrected chi connectivity index (χ2v) is 6.28. The Morgan fingerprint density at radius 3 is 2.90 bits per heavy atom. The van der Waals surface area contributed by atoms with E-state index in [1.807, 2.05) is 11.3 Å². The zero-order valence-electron chi connectivity index (χ0n) is 11.6. The fraction of sp³-hybridized carbons (Fsp3) is 0.250. The van der Waals surface area contributed by atoms with Gasteiger partial charge in [0, 0.05) is 10.6 Å². The SMILES string of the molecule is c1ncn(-c2ccc(NC3CCCc4sccc43)cc2)n1. The second-order valence-electron chi connectivity index (χ2n) is 5.28. The van der Waals surface area contributed by atoms with Gasteiger partial charge in [0.15, 0.2) is 0 Å². The van der Waals surface area contributed by atoms with Crippen molar-refractivity contribution in [2.24, 2.45) is 0 Å². The third-order valence-corrected chi connectivity index (χ3v) is 4.94. The fourth-order valence-electron chi connectivity index (χ4n) is 2.89. The van der Waals surface area contributed by atoms with Gasteiger partial charge < -0.3 is 5.32 Å². The van der Waals surface area contributed by atoms with Gasteiger partial charge in [-0.3, -0.25) is 0 Å². The van der Waals surface area contributed by atoms with Gasteiger partial charge >= 0.3 is 0 Å². The van der Waals surface area contributed by atoms with Crippen molar-refractivity contribution in [3.05, 3.63) is 58.8 Å². The minimum atomic E-state index is 0.442. The van der Waals surface area contributed by atoms with Gasteiger partial charge in [-0.2, -0.15) is 5.10 Å². The van der Waals surface area contributed by atoms with Crippen LogP contribution in [0.5, 0.6) is 0 Å². The molecule has 0 bridgehead atoms. The van der Waals surface area contributed by atoms with Crippen molar-refractivity contribution in [3.8, 4) is 5.69 Å². The molecule has 1 aliphatic rings. The number of nitrogens with zero attached hydrogens (tertiary/aromatic N) is 3. The van der Waals surface area contributed by atoms with Crippen LogP contribution in [-0.2, 0) is 6.42 Å². The maximum absolute atomic E-state index is 4.14. The zero-order valence-corrected chi connectivity index (χ0v) is 12.4. The molecule has 2 heterocycles. The number of nitrogens with one attached hydrogen (secondary N) is 1. The molecule has 0 saturated carbocycles. The highest BCUT2D eigenvalue weighted by molar-refractivity contribution is 7.10. The molecule has 3 aromatic rings. The average molecular weight is 296 g/mol. The number of aromatic nitrogens is 3. The molecule has 5 heteroatoms. The summed E-state index contributed by atoms with van der Waals surface area (Å²) in [5, 5.41) is 10.0. The van der Waals surface area contributed by atoms with Crippen LogP contribution in [0.1, 0.15) is 29.3 Å². The van der Waals surface area contributed by atoms with E-state index in [1.54, 1.807) is 17.3 Å². The lowest BCUT2D eigenvalue weighted by Gasteiger charge is -2.24. The Kier molecular flexibility index (Phi) is 3.20. The van der Waals surface area contributed by atoms with Crippen LogP contribution in [0.4, 0.5) is 5.69 Å². The van der Waals surface area contributed by atoms with Crippen LogP contribution < -0.4 is 5.32 Å². The molecule has 0 spiro atoms. The lowest BCUT2D eigenvalue weighted by atomic mass is 9.94. The van der Waals surface area contributed by atoms with E-state index in [0.717, 1.165) is 11.4 Å². The standard InChI is InChI=1S/C16H16N4S/c1-2-15(14-8-9-21-16(14)3-1)19-12-4-6-13(7-5-12)20-11-17-10-18-20/h4-11,15,19H,1-3H2. The van der Waals surface area contributed by atoms with Crippen molar-refractivity contribution < 1.29 is 0 Å². The molecule has 1 N–H and O–H groups in total. The van der Waals surface area contributed by atoms with Crippen LogP contribution in [-0.4, -0.2) is 14.8 Å². The number of anilines is 1. The molecule has 106 valence electrons. The Hall–Kier alpha value is -2.14. The third kappa shape index (κ3) is 2.45. The summed E-state index contributed by atoms with van der Waals surface area (Å²) in [5.41, 5.74) is 3.66. The van der Waals surface area contributed by atoms with E-state index in [-0.39, 0.29) is 0 Å².